The molecule has 0 bridgehead atoms. The zero-order valence-corrected chi connectivity index (χ0v) is 16.1. The first-order valence-corrected chi connectivity index (χ1v) is 8.96. The molecule has 1 amide bonds. The van der Waals surface area contributed by atoms with Crippen molar-refractivity contribution < 1.29 is 18.3 Å². The first-order valence-electron chi connectivity index (χ1n) is 7.50. The van der Waals surface area contributed by atoms with Crippen molar-refractivity contribution in [3.05, 3.63) is 35.5 Å². The number of likely N-dealkylation sites (tertiary alicyclic amines) is 1. The number of carbonyl (C=O) groups excluding carboxylic acids is 1. The van der Waals surface area contributed by atoms with E-state index < -0.39 is 16.0 Å². The molecule has 1 aromatic rings. The van der Waals surface area contributed by atoms with E-state index in [4.69, 9.17) is 21.7 Å². The number of alkyl halides is 3. The summed E-state index contributed by atoms with van der Waals surface area (Å²) >= 11 is 6.89. The molecule has 3 rings (SSSR count). The molecule has 2 aliphatic rings. The number of fused-ring (bicyclic) bond motifs is 1. The molecule has 0 saturated carbocycles. The maximum Gasteiger partial charge on any atom is 0.329 e. The SMILES string of the molecule is Cc1cc(CN2CC3(C(=N)Cl)C=CC3C2=O)cnc1OCC(F)(F)I. The van der Waals surface area contributed by atoms with E-state index in [0.29, 0.717) is 18.7 Å². The monoisotopic (exact) mass is 481 g/mol. The van der Waals surface area contributed by atoms with Crippen molar-refractivity contribution in [2.45, 2.75) is 17.4 Å². The number of pyridine rings is 1. The zero-order chi connectivity index (χ0) is 18.4. The molecule has 2 unspecified atom stereocenters. The Hall–Kier alpha value is -1.29. The first kappa shape index (κ1) is 18.5. The van der Waals surface area contributed by atoms with E-state index in [1.165, 1.54) is 6.20 Å². The number of nitrogens with zero attached hydrogens (tertiary/aromatic N) is 2. The number of carbonyl (C=O) groups is 1. The lowest BCUT2D eigenvalue weighted by atomic mass is 9.70. The molecule has 1 aliphatic heterocycles. The van der Waals surface area contributed by atoms with E-state index in [1.807, 2.05) is 0 Å². The van der Waals surface area contributed by atoms with Crippen LogP contribution in [-0.4, -0.2) is 38.0 Å². The topological polar surface area (TPSA) is 66.3 Å². The van der Waals surface area contributed by atoms with E-state index in [-0.39, 0.29) is 22.9 Å². The van der Waals surface area contributed by atoms with Gasteiger partial charge in [0.25, 0.3) is 0 Å². The molecule has 1 saturated heterocycles. The van der Waals surface area contributed by atoms with Crippen LogP contribution in [0, 0.1) is 23.7 Å². The van der Waals surface area contributed by atoms with Crippen molar-refractivity contribution in [3.8, 4) is 5.88 Å². The number of rotatable bonds is 6. The maximum atomic E-state index is 12.9. The molecule has 9 heteroatoms. The molecule has 5 nitrogen and oxygen atoms in total. The summed E-state index contributed by atoms with van der Waals surface area (Å²) in [5, 5.41) is 7.70. The van der Waals surface area contributed by atoms with Gasteiger partial charge in [0.2, 0.25) is 11.8 Å². The lowest BCUT2D eigenvalue weighted by Gasteiger charge is -2.33. The average Bonchev–Trinajstić information content (AvgIpc) is 2.65. The van der Waals surface area contributed by atoms with E-state index >= 15 is 0 Å². The Morgan fingerprint density at radius 1 is 1.64 bits per heavy atom. The number of aryl methyl sites for hydroxylation is 1. The molecule has 25 heavy (non-hydrogen) atoms. The van der Waals surface area contributed by atoms with E-state index in [9.17, 15) is 13.6 Å². The molecule has 1 aromatic heterocycles. The van der Waals surface area contributed by atoms with Gasteiger partial charge in [-0.15, -0.1) is 0 Å². The van der Waals surface area contributed by atoms with Gasteiger partial charge < -0.3 is 9.64 Å². The van der Waals surface area contributed by atoms with Crippen LogP contribution in [0.15, 0.2) is 24.4 Å². The number of amides is 1. The van der Waals surface area contributed by atoms with Crippen molar-refractivity contribution in [2.75, 3.05) is 13.2 Å². The van der Waals surface area contributed by atoms with Crippen molar-refractivity contribution in [1.82, 2.24) is 9.88 Å². The largest absolute Gasteiger partial charge is 0.470 e. The second kappa shape index (κ2) is 6.46. The van der Waals surface area contributed by atoms with Gasteiger partial charge in [-0.05, 0) is 18.6 Å². The summed E-state index contributed by atoms with van der Waals surface area (Å²) in [6.45, 7) is 1.64. The second-order valence-electron chi connectivity index (χ2n) is 6.25. The van der Waals surface area contributed by atoms with Crippen LogP contribution < -0.4 is 4.74 Å². The Balaban J connectivity index is 1.69. The third-order valence-electron chi connectivity index (χ3n) is 4.41. The number of ether oxygens (including phenoxy) is 1. The fourth-order valence-electron chi connectivity index (χ4n) is 3.11. The van der Waals surface area contributed by atoms with Gasteiger partial charge in [0.05, 0.1) is 11.3 Å². The van der Waals surface area contributed by atoms with Crippen LogP contribution in [0.2, 0.25) is 0 Å². The maximum absolute atomic E-state index is 12.9. The highest BCUT2D eigenvalue weighted by atomic mass is 127. The lowest BCUT2D eigenvalue weighted by molar-refractivity contribution is -0.130. The predicted molar refractivity (Wildman–Crippen MR) is 97.5 cm³/mol. The highest BCUT2D eigenvalue weighted by molar-refractivity contribution is 14.1. The number of hydrogen-bond donors (Lipinski definition) is 1. The van der Waals surface area contributed by atoms with E-state index in [1.54, 1.807) is 30.0 Å². The molecule has 0 spiro atoms. The summed E-state index contributed by atoms with van der Waals surface area (Å²) < 4.78 is 27.8. The Kier molecular flexibility index (Phi) is 4.78. The average molecular weight is 482 g/mol. The second-order valence-corrected chi connectivity index (χ2v) is 8.21. The Morgan fingerprint density at radius 3 is 2.84 bits per heavy atom. The van der Waals surface area contributed by atoms with Gasteiger partial charge in [0, 0.05) is 47.4 Å². The molecule has 1 N–H and O–H groups in total. The number of aromatic nitrogens is 1. The molecule has 1 aliphatic carbocycles. The van der Waals surface area contributed by atoms with Crippen molar-refractivity contribution in [1.29, 1.82) is 5.41 Å². The smallest absolute Gasteiger partial charge is 0.329 e. The molecule has 2 atom stereocenters. The first-order chi connectivity index (χ1) is 11.6. The van der Waals surface area contributed by atoms with Gasteiger partial charge in [-0.25, -0.2) is 4.98 Å². The van der Waals surface area contributed by atoms with E-state index in [2.05, 4.69) is 4.98 Å². The van der Waals surface area contributed by atoms with Crippen molar-refractivity contribution in [3.63, 3.8) is 0 Å². The van der Waals surface area contributed by atoms with Gasteiger partial charge in [-0.1, -0.05) is 23.8 Å². The third kappa shape index (κ3) is 3.51. The lowest BCUT2D eigenvalue weighted by Crippen LogP contribution is -2.39. The molecule has 0 radical (unpaired) electrons. The molecular weight excluding hydrogens is 467 g/mol. The highest BCUT2D eigenvalue weighted by Crippen LogP contribution is 2.48. The number of hydrogen-bond acceptors (Lipinski definition) is 4. The number of halogens is 4. The minimum Gasteiger partial charge on any atom is -0.470 e. The minimum absolute atomic E-state index is 0.0337. The zero-order valence-electron chi connectivity index (χ0n) is 13.2. The quantitative estimate of drug-likeness (QED) is 0.293. The Bertz CT molecular complexity index is 768. The normalized spacial score (nSPS) is 24.9. The predicted octanol–water partition coefficient (Wildman–Crippen LogP) is 3.53. The van der Waals surface area contributed by atoms with E-state index in [0.717, 1.165) is 28.2 Å². The van der Waals surface area contributed by atoms with Crippen LogP contribution in [0.3, 0.4) is 0 Å². The van der Waals surface area contributed by atoms with Crippen LogP contribution in [0.25, 0.3) is 0 Å². The van der Waals surface area contributed by atoms with Crippen LogP contribution in [0.4, 0.5) is 8.78 Å². The van der Waals surface area contributed by atoms with Crippen LogP contribution >= 0.6 is 34.2 Å². The van der Waals surface area contributed by atoms with Crippen LogP contribution in [0.5, 0.6) is 5.88 Å². The highest BCUT2D eigenvalue weighted by Gasteiger charge is 2.56. The summed E-state index contributed by atoms with van der Waals surface area (Å²) in [5.74, 6) is -0.302. The van der Waals surface area contributed by atoms with Crippen LogP contribution in [-0.2, 0) is 11.3 Å². The molecular formula is C16H15ClF2IN3O2. The number of nitrogens with one attached hydrogen (secondary N) is 1. The fraction of sp³-hybridized carbons (Fsp3) is 0.438. The van der Waals surface area contributed by atoms with Gasteiger partial charge >= 0.3 is 3.93 Å². The summed E-state index contributed by atoms with van der Waals surface area (Å²) in [7, 11) is 0. The summed E-state index contributed by atoms with van der Waals surface area (Å²) in [4.78, 5) is 18.1. The minimum atomic E-state index is -2.96. The van der Waals surface area contributed by atoms with Crippen LogP contribution in [0.1, 0.15) is 11.1 Å². The standard InChI is InChI=1S/C16H15ClF2IN3O2/c1-9-4-10(5-22-12(9)25-8-16(18,19)20)6-23-7-15(14(17)21)3-2-11(15)13(23)24/h2-5,11,21H,6-8H2,1H3. The van der Waals surface area contributed by atoms with Gasteiger partial charge in [0.15, 0.2) is 6.61 Å². The summed E-state index contributed by atoms with van der Waals surface area (Å²) in [6, 6.07) is 1.76. The summed E-state index contributed by atoms with van der Waals surface area (Å²) in [6.07, 6.45) is 5.08. The van der Waals surface area contributed by atoms with Gasteiger partial charge in [-0.3, -0.25) is 10.2 Å². The molecule has 134 valence electrons. The molecule has 2 heterocycles. The third-order valence-corrected chi connectivity index (χ3v) is 5.08. The molecule has 0 aromatic carbocycles. The Morgan fingerprint density at radius 2 is 2.36 bits per heavy atom. The van der Waals surface area contributed by atoms with Gasteiger partial charge in [0.1, 0.15) is 5.17 Å². The van der Waals surface area contributed by atoms with Crippen molar-refractivity contribution in [2.24, 2.45) is 11.3 Å². The molecule has 1 fully saturated rings. The fourth-order valence-corrected chi connectivity index (χ4v) is 3.51. The van der Waals surface area contributed by atoms with Crippen molar-refractivity contribution >= 4 is 45.3 Å². The van der Waals surface area contributed by atoms with Gasteiger partial charge in [-0.2, -0.15) is 8.78 Å². The summed E-state index contributed by atoms with van der Waals surface area (Å²) in [5.41, 5.74) is 0.679. The Labute approximate surface area is 162 Å².